The monoisotopic (exact) mass is 488 g/mol. The number of rotatable bonds is 8. The molecule has 0 aliphatic heterocycles. The number of carboxylic acids is 1. The number of carboxylic acid groups (broad SMARTS) is 1. The van der Waals surface area contributed by atoms with E-state index in [0.29, 0.717) is 27.8 Å². The molecule has 2 aromatic carbocycles. The summed E-state index contributed by atoms with van der Waals surface area (Å²) in [6, 6.07) is 8.09. The van der Waals surface area contributed by atoms with Gasteiger partial charge >= 0.3 is 5.97 Å². The number of hydrogen-bond acceptors (Lipinski definition) is 5. The third-order valence-electron chi connectivity index (χ3n) is 5.02. The van der Waals surface area contributed by atoms with Gasteiger partial charge in [0.15, 0.2) is 0 Å². The van der Waals surface area contributed by atoms with Crippen molar-refractivity contribution in [1.82, 2.24) is 9.88 Å². The van der Waals surface area contributed by atoms with Gasteiger partial charge in [0.25, 0.3) is 11.5 Å². The van der Waals surface area contributed by atoms with Gasteiger partial charge in [0.1, 0.15) is 11.4 Å². The van der Waals surface area contributed by atoms with Crippen LogP contribution in [0.15, 0.2) is 47.3 Å². The molecule has 0 aliphatic rings. The summed E-state index contributed by atoms with van der Waals surface area (Å²) >= 11 is 0. The molecule has 0 unspecified atom stereocenters. The molecule has 1 amide bonds. The van der Waals surface area contributed by atoms with Crippen LogP contribution in [0.1, 0.15) is 32.7 Å². The molecule has 3 rings (SSSR count). The lowest BCUT2D eigenvalue weighted by atomic mass is 10.1. The molecule has 180 valence electrons. The first kappa shape index (κ1) is 26.6. The zero-order valence-electron chi connectivity index (χ0n) is 18.9. The van der Waals surface area contributed by atoms with Gasteiger partial charge in [-0.05, 0) is 62.5 Å². The highest BCUT2D eigenvalue weighted by Crippen LogP contribution is 2.24. The number of aromatic carboxylic acids is 1. The Bertz CT molecular complexity index is 1300. The molecule has 10 heteroatoms. The predicted molar refractivity (Wildman–Crippen MR) is 135 cm³/mol. The molecule has 0 saturated carbocycles. The number of halogens is 2. The van der Waals surface area contributed by atoms with Crippen LogP contribution in [0.3, 0.4) is 0 Å². The first-order chi connectivity index (χ1) is 15.7. The van der Waals surface area contributed by atoms with Crippen molar-refractivity contribution in [3.05, 3.63) is 75.3 Å². The second-order valence-corrected chi connectivity index (χ2v) is 7.74. The van der Waals surface area contributed by atoms with Crippen LogP contribution in [-0.2, 0) is 0 Å². The maximum atomic E-state index is 13.9. The Morgan fingerprint density at radius 1 is 1.15 bits per heavy atom. The zero-order chi connectivity index (χ0) is 24.1. The number of H-pyrrole nitrogens is 1. The minimum absolute atomic E-state index is 0. The predicted octanol–water partition coefficient (Wildman–Crippen LogP) is 4.05. The summed E-state index contributed by atoms with van der Waals surface area (Å²) in [5.74, 6) is -2.30. The van der Waals surface area contributed by atoms with Gasteiger partial charge in [-0.15, -0.1) is 12.4 Å². The molecule has 0 fully saturated rings. The molecule has 8 nitrogen and oxygen atoms in total. The number of anilines is 2. The lowest BCUT2D eigenvalue weighted by Gasteiger charge is -2.11. The van der Waals surface area contributed by atoms with Crippen LogP contribution >= 0.6 is 12.4 Å². The Morgan fingerprint density at radius 2 is 1.88 bits per heavy atom. The fourth-order valence-electron chi connectivity index (χ4n) is 3.33. The number of hydrogen-bond donors (Lipinski definition) is 4. The largest absolute Gasteiger partial charge is 0.478 e. The van der Waals surface area contributed by atoms with Crippen LogP contribution in [0.2, 0.25) is 0 Å². The number of benzene rings is 2. The number of amides is 1. The lowest BCUT2D eigenvalue weighted by molar-refractivity contribution is 0.0696. The van der Waals surface area contributed by atoms with E-state index < -0.39 is 23.3 Å². The van der Waals surface area contributed by atoms with Gasteiger partial charge in [0, 0.05) is 24.7 Å². The number of fused-ring (bicyclic) bond motifs is 1. The van der Waals surface area contributed by atoms with Gasteiger partial charge in [0.2, 0.25) is 0 Å². The van der Waals surface area contributed by atoms with Crippen molar-refractivity contribution in [2.24, 2.45) is 0 Å². The van der Waals surface area contributed by atoms with Gasteiger partial charge in [-0.25, -0.2) is 9.18 Å². The minimum Gasteiger partial charge on any atom is -0.478 e. The van der Waals surface area contributed by atoms with Crippen molar-refractivity contribution in [1.29, 1.82) is 0 Å². The summed E-state index contributed by atoms with van der Waals surface area (Å²) in [4.78, 5) is 41.5. The summed E-state index contributed by atoms with van der Waals surface area (Å²) in [5, 5.41) is 15.1. The summed E-state index contributed by atoms with van der Waals surface area (Å²) in [6.07, 6.45) is 4.33. The Balaban J connectivity index is 0.00000408. The molecule has 0 saturated heterocycles. The molecular formula is C24H26ClFN4O4. The number of carbonyl (C=O) groups excluding carboxylic acids is 1. The van der Waals surface area contributed by atoms with Crippen LogP contribution in [-0.4, -0.2) is 54.6 Å². The zero-order valence-corrected chi connectivity index (χ0v) is 19.8. The fraction of sp³-hybridized carbons (Fsp3) is 0.208. The molecular weight excluding hydrogens is 463 g/mol. The van der Waals surface area contributed by atoms with Crippen LogP contribution in [0.25, 0.3) is 17.0 Å². The Morgan fingerprint density at radius 3 is 2.53 bits per heavy atom. The molecule has 0 aliphatic carbocycles. The average Bonchev–Trinajstić information content (AvgIpc) is 2.76. The smallest absolute Gasteiger partial charge is 0.335 e. The second-order valence-electron chi connectivity index (χ2n) is 7.74. The van der Waals surface area contributed by atoms with Crippen LogP contribution in [0.4, 0.5) is 15.8 Å². The summed E-state index contributed by atoms with van der Waals surface area (Å²) < 4.78 is 13.9. The molecule has 0 bridgehead atoms. The highest BCUT2D eigenvalue weighted by atomic mass is 35.5. The van der Waals surface area contributed by atoms with E-state index in [2.05, 4.69) is 15.6 Å². The van der Waals surface area contributed by atoms with Gasteiger partial charge < -0.3 is 25.6 Å². The first-order valence-corrected chi connectivity index (χ1v) is 10.2. The third-order valence-corrected chi connectivity index (χ3v) is 5.02. The Hall–Kier alpha value is -3.69. The lowest BCUT2D eigenvalue weighted by Crippen LogP contribution is -2.23. The highest BCUT2D eigenvalue weighted by molar-refractivity contribution is 6.07. The van der Waals surface area contributed by atoms with E-state index in [4.69, 9.17) is 0 Å². The normalized spacial score (nSPS) is 11.0. The van der Waals surface area contributed by atoms with E-state index in [1.165, 1.54) is 36.4 Å². The van der Waals surface area contributed by atoms with E-state index in [1.807, 2.05) is 25.1 Å². The van der Waals surface area contributed by atoms with Crippen molar-refractivity contribution in [3.63, 3.8) is 0 Å². The average molecular weight is 489 g/mol. The molecule has 1 heterocycles. The summed E-state index contributed by atoms with van der Waals surface area (Å²) in [5.41, 5.74) is 0.856. The van der Waals surface area contributed by atoms with Crippen LogP contribution in [0, 0.1) is 5.82 Å². The highest BCUT2D eigenvalue weighted by Gasteiger charge is 2.16. The fourth-order valence-corrected chi connectivity index (χ4v) is 3.33. The minimum atomic E-state index is -1.09. The Kier molecular flexibility index (Phi) is 8.94. The van der Waals surface area contributed by atoms with Gasteiger partial charge in [-0.3, -0.25) is 9.59 Å². The van der Waals surface area contributed by atoms with E-state index in [9.17, 15) is 23.9 Å². The Labute approximate surface area is 201 Å². The van der Waals surface area contributed by atoms with Crippen molar-refractivity contribution in [3.8, 4) is 0 Å². The van der Waals surface area contributed by atoms with Crippen molar-refractivity contribution >= 4 is 52.6 Å². The maximum Gasteiger partial charge on any atom is 0.335 e. The van der Waals surface area contributed by atoms with E-state index in [-0.39, 0.29) is 23.5 Å². The second kappa shape index (κ2) is 11.4. The van der Waals surface area contributed by atoms with Crippen LogP contribution in [0.5, 0.6) is 0 Å². The third kappa shape index (κ3) is 6.21. The molecule has 0 radical (unpaired) electrons. The number of nitrogens with zero attached hydrogens (tertiary/aromatic N) is 1. The topological polar surface area (TPSA) is 115 Å². The summed E-state index contributed by atoms with van der Waals surface area (Å²) in [7, 11) is 5.48. The number of aromatic nitrogens is 1. The van der Waals surface area contributed by atoms with Gasteiger partial charge in [-0.2, -0.15) is 0 Å². The molecule has 3 aromatic rings. The standard InChI is InChI=1S/C24H25FN4O4.ClH/c1-26-20-13-17(25)11-16-12-18(23(31)28-21(16)20)22(30)27-19-8-7-15(24(32)33)10-14(19)6-4-5-9-29(2)3;/h4,6-8,10-13,26H,5,9H2,1-3H3,(H,27,30)(H,28,31)(H,32,33);1H/b6-4+;. The number of nitrogens with one attached hydrogen (secondary N) is 3. The maximum absolute atomic E-state index is 13.9. The molecule has 34 heavy (non-hydrogen) atoms. The van der Waals surface area contributed by atoms with Gasteiger partial charge in [0.05, 0.1) is 16.8 Å². The van der Waals surface area contributed by atoms with E-state index in [1.54, 1.807) is 13.1 Å². The van der Waals surface area contributed by atoms with Crippen molar-refractivity contribution < 1.29 is 19.1 Å². The quantitative estimate of drug-likeness (QED) is 0.380. The molecule has 0 spiro atoms. The molecule has 0 atom stereocenters. The molecule has 1 aromatic heterocycles. The van der Waals surface area contributed by atoms with Gasteiger partial charge in [-0.1, -0.05) is 12.2 Å². The van der Waals surface area contributed by atoms with Crippen molar-refractivity contribution in [2.75, 3.05) is 38.3 Å². The van der Waals surface area contributed by atoms with E-state index in [0.717, 1.165) is 13.0 Å². The first-order valence-electron chi connectivity index (χ1n) is 10.2. The van der Waals surface area contributed by atoms with Crippen LogP contribution < -0.4 is 16.2 Å². The van der Waals surface area contributed by atoms with E-state index >= 15 is 0 Å². The van der Waals surface area contributed by atoms with Crippen molar-refractivity contribution in [2.45, 2.75) is 6.42 Å². The number of pyridine rings is 1. The molecule has 4 N–H and O–H groups in total. The summed E-state index contributed by atoms with van der Waals surface area (Å²) in [6.45, 7) is 0.800. The number of carbonyl (C=O) groups is 2. The number of aromatic amines is 1. The SMILES string of the molecule is CNc1cc(F)cc2cc(C(=O)Nc3ccc(C(=O)O)cc3/C=C/CCN(C)C)c(=O)[nH]c12.Cl.